The maximum absolute atomic E-state index is 11.0. The third-order valence-corrected chi connectivity index (χ3v) is 4.92. The second kappa shape index (κ2) is 4.91. The van der Waals surface area contributed by atoms with Crippen molar-refractivity contribution in [1.82, 2.24) is 0 Å². The Hall–Kier alpha value is -0.300. The highest BCUT2D eigenvalue weighted by Crippen LogP contribution is 2.44. The fourth-order valence-electron chi connectivity index (χ4n) is 3.50. The molecule has 1 saturated carbocycles. The summed E-state index contributed by atoms with van der Waals surface area (Å²) in [6.45, 7) is 4.54. The molecule has 2 aliphatic carbocycles. The van der Waals surface area contributed by atoms with Crippen molar-refractivity contribution < 1.29 is 5.11 Å². The first kappa shape index (κ1) is 12.2. The van der Waals surface area contributed by atoms with Gasteiger partial charge in [0.05, 0.1) is 5.60 Å². The summed E-state index contributed by atoms with van der Waals surface area (Å²) in [5.41, 5.74) is 0.895. The quantitative estimate of drug-likeness (QED) is 0.663. The average Bonchev–Trinajstić information content (AvgIpc) is 2.54. The van der Waals surface area contributed by atoms with Crippen LogP contribution >= 0.6 is 0 Å². The molecule has 1 N–H and O–H groups in total. The molecule has 2 aliphatic rings. The molecule has 0 aromatic heterocycles. The maximum Gasteiger partial charge on any atom is 0.0884 e. The third-order valence-electron chi connectivity index (χ3n) is 4.92. The van der Waals surface area contributed by atoms with Gasteiger partial charge in [0.15, 0.2) is 0 Å². The van der Waals surface area contributed by atoms with Gasteiger partial charge in [-0.2, -0.15) is 0 Å². The monoisotopic (exact) mass is 222 g/mol. The number of aliphatic hydroxyl groups is 1. The van der Waals surface area contributed by atoms with Gasteiger partial charge in [-0.1, -0.05) is 32.8 Å². The van der Waals surface area contributed by atoms with Crippen molar-refractivity contribution >= 4 is 0 Å². The van der Waals surface area contributed by atoms with Gasteiger partial charge in [-0.05, 0) is 55.9 Å². The number of hydrogen-bond donors (Lipinski definition) is 1. The zero-order valence-corrected chi connectivity index (χ0v) is 10.8. The van der Waals surface area contributed by atoms with Crippen molar-refractivity contribution in [3.05, 3.63) is 11.6 Å². The molecule has 1 fully saturated rings. The summed E-state index contributed by atoms with van der Waals surface area (Å²) in [5.74, 6) is 1.11. The summed E-state index contributed by atoms with van der Waals surface area (Å²) >= 11 is 0. The van der Waals surface area contributed by atoms with Gasteiger partial charge in [-0.25, -0.2) is 0 Å². The highest BCUT2D eigenvalue weighted by atomic mass is 16.3. The molecule has 0 bridgehead atoms. The van der Waals surface area contributed by atoms with E-state index >= 15 is 0 Å². The summed E-state index contributed by atoms with van der Waals surface area (Å²) in [6, 6.07) is 0. The van der Waals surface area contributed by atoms with Crippen LogP contribution in [0.15, 0.2) is 11.6 Å². The largest absolute Gasteiger partial charge is 0.385 e. The van der Waals surface area contributed by atoms with E-state index in [0.29, 0.717) is 11.8 Å². The average molecular weight is 222 g/mol. The zero-order chi connectivity index (χ0) is 11.6. The first-order chi connectivity index (χ1) is 7.64. The van der Waals surface area contributed by atoms with Crippen LogP contribution in [0.1, 0.15) is 65.2 Å². The van der Waals surface area contributed by atoms with Gasteiger partial charge >= 0.3 is 0 Å². The SMILES string of the molecule is CC1CCCC(O)(C2=CCCCCC2)C1C. The van der Waals surface area contributed by atoms with E-state index in [-0.39, 0.29) is 0 Å². The zero-order valence-electron chi connectivity index (χ0n) is 10.8. The van der Waals surface area contributed by atoms with Gasteiger partial charge < -0.3 is 5.11 Å². The molecule has 1 heteroatoms. The second-order valence-corrected chi connectivity index (χ2v) is 5.91. The molecule has 0 heterocycles. The van der Waals surface area contributed by atoms with E-state index in [9.17, 15) is 5.11 Å². The van der Waals surface area contributed by atoms with Crippen LogP contribution in [-0.2, 0) is 0 Å². The molecule has 92 valence electrons. The molecular weight excluding hydrogens is 196 g/mol. The minimum absolute atomic E-state index is 0.436. The fourth-order valence-corrected chi connectivity index (χ4v) is 3.50. The standard InChI is InChI=1S/C15H26O/c1-12-8-7-11-15(16,13(12)2)14-9-5-3-4-6-10-14/h9,12-13,16H,3-8,10-11H2,1-2H3. The fraction of sp³-hybridized carbons (Fsp3) is 0.867. The lowest BCUT2D eigenvalue weighted by Gasteiger charge is -2.43. The smallest absolute Gasteiger partial charge is 0.0884 e. The van der Waals surface area contributed by atoms with Gasteiger partial charge in [0.1, 0.15) is 0 Å². The van der Waals surface area contributed by atoms with Crippen molar-refractivity contribution in [2.75, 3.05) is 0 Å². The molecule has 0 amide bonds. The highest BCUT2D eigenvalue weighted by molar-refractivity contribution is 5.20. The Bertz CT molecular complexity index is 269. The van der Waals surface area contributed by atoms with Crippen LogP contribution in [0.2, 0.25) is 0 Å². The first-order valence-corrected chi connectivity index (χ1v) is 7.06. The van der Waals surface area contributed by atoms with Crippen LogP contribution < -0.4 is 0 Å². The number of hydrogen-bond acceptors (Lipinski definition) is 1. The lowest BCUT2D eigenvalue weighted by atomic mass is 9.66. The molecule has 16 heavy (non-hydrogen) atoms. The lowest BCUT2D eigenvalue weighted by molar-refractivity contribution is -0.0340. The molecule has 2 rings (SSSR count). The first-order valence-electron chi connectivity index (χ1n) is 7.06. The summed E-state index contributed by atoms with van der Waals surface area (Å²) in [7, 11) is 0. The van der Waals surface area contributed by atoms with Crippen LogP contribution in [0, 0.1) is 11.8 Å². The Morgan fingerprint density at radius 2 is 2.00 bits per heavy atom. The van der Waals surface area contributed by atoms with Crippen molar-refractivity contribution in [3.8, 4) is 0 Å². The predicted octanol–water partition coefficient (Wildman–Crippen LogP) is 4.06. The highest BCUT2D eigenvalue weighted by Gasteiger charge is 2.42. The second-order valence-electron chi connectivity index (χ2n) is 5.91. The van der Waals surface area contributed by atoms with Gasteiger partial charge in [-0.15, -0.1) is 0 Å². The lowest BCUT2D eigenvalue weighted by Crippen LogP contribution is -2.44. The normalized spacial score (nSPS) is 41.3. The van der Waals surface area contributed by atoms with Gasteiger partial charge in [0.2, 0.25) is 0 Å². The van der Waals surface area contributed by atoms with Gasteiger partial charge in [0.25, 0.3) is 0 Å². The third kappa shape index (κ3) is 2.20. The van der Waals surface area contributed by atoms with Crippen molar-refractivity contribution in [3.63, 3.8) is 0 Å². The van der Waals surface area contributed by atoms with Crippen LogP contribution in [0.5, 0.6) is 0 Å². The molecule has 0 saturated heterocycles. The van der Waals surface area contributed by atoms with Crippen molar-refractivity contribution in [2.24, 2.45) is 11.8 Å². The Morgan fingerprint density at radius 3 is 2.81 bits per heavy atom. The summed E-state index contributed by atoms with van der Waals surface area (Å²) < 4.78 is 0. The molecule has 3 unspecified atom stereocenters. The van der Waals surface area contributed by atoms with E-state index in [1.165, 1.54) is 44.1 Å². The van der Waals surface area contributed by atoms with Crippen LogP contribution in [-0.4, -0.2) is 10.7 Å². The topological polar surface area (TPSA) is 20.2 Å². The van der Waals surface area contributed by atoms with Crippen LogP contribution in [0.4, 0.5) is 0 Å². The van der Waals surface area contributed by atoms with Crippen molar-refractivity contribution in [2.45, 2.75) is 70.8 Å². The maximum atomic E-state index is 11.0. The summed E-state index contributed by atoms with van der Waals surface area (Å²) in [5, 5.41) is 11.0. The Balaban J connectivity index is 2.18. The number of allylic oxidation sites excluding steroid dienone is 1. The van der Waals surface area contributed by atoms with Crippen LogP contribution in [0.3, 0.4) is 0 Å². The molecule has 3 atom stereocenters. The van der Waals surface area contributed by atoms with E-state index in [0.717, 1.165) is 12.8 Å². The molecule has 0 aliphatic heterocycles. The Labute approximate surface area is 99.9 Å². The van der Waals surface area contributed by atoms with Crippen LogP contribution in [0.25, 0.3) is 0 Å². The van der Waals surface area contributed by atoms with E-state index < -0.39 is 5.60 Å². The summed E-state index contributed by atoms with van der Waals surface area (Å²) in [6.07, 6.45) is 12.0. The summed E-state index contributed by atoms with van der Waals surface area (Å²) in [4.78, 5) is 0. The van der Waals surface area contributed by atoms with Gasteiger partial charge in [0, 0.05) is 0 Å². The van der Waals surface area contributed by atoms with E-state index in [1.54, 1.807) is 0 Å². The van der Waals surface area contributed by atoms with Gasteiger partial charge in [-0.3, -0.25) is 0 Å². The van der Waals surface area contributed by atoms with E-state index in [4.69, 9.17) is 0 Å². The minimum atomic E-state index is -0.470. The predicted molar refractivity (Wildman–Crippen MR) is 68.3 cm³/mol. The van der Waals surface area contributed by atoms with E-state index in [2.05, 4.69) is 19.9 Å². The molecule has 0 spiro atoms. The molecular formula is C15H26O. The molecule has 0 aromatic carbocycles. The number of rotatable bonds is 1. The Kier molecular flexibility index (Phi) is 3.73. The van der Waals surface area contributed by atoms with E-state index in [1.807, 2.05) is 0 Å². The minimum Gasteiger partial charge on any atom is -0.385 e. The molecule has 0 radical (unpaired) electrons. The Morgan fingerprint density at radius 1 is 1.19 bits per heavy atom. The van der Waals surface area contributed by atoms with Crippen molar-refractivity contribution in [1.29, 1.82) is 0 Å². The molecule has 0 aromatic rings. The molecule has 1 nitrogen and oxygen atoms in total.